The van der Waals surface area contributed by atoms with Gasteiger partial charge in [0.25, 0.3) is 5.91 Å². The van der Waals surface area contributed by atoms with Crippen LogP contribution in [0.25, 0.3) is 0 Å². The smallest absolute Gasteiger partial charge is 0.322 e. The number of rotatable bonds is 3. The lowest BCUT2D eigenvalue weighted by molar-refractivity contribution is 0.0963. The van der Waals surface area contributed by atoms with Gasteiger partial charge in [-0.2, -0.15) is 0 Å². The molecule has 0 fully saturated rings. The highest BCUT2D eigenvalue weighted by Crippen LogP contribution is 2.15. The highest BCUT2D eigenvalue weighted by atomic mass is 35.5. The van der Waals surface area contributed by atoms with E-state index in [0.717, 1.165) is 5.56 Å². The molecule has 0 saturated carbocycles. The highest BCUT2D eigenvalue weighted by molar-refractivity contribution is 6.34. The van der Waals surface area contributed by atoms with Gasteiger partial charge in [0.2, 0.25) is 0 Å². The molecule has 0 aliphatic heterocycles. The number of halogens is 1. The molecule has 108 valence electrons. The standard InChI is InChI=1S/C16H15ClN2O2/c1-11(12-7-3-2-4-8-12)18-16(21)19-15(20)13-9-5-6-10-14(13)17/h2-11H,1H3,(H2,18,19,20,21). The fourth-order valence-electron chi connectivity index (χ4n) is 1.87. The SMILES string of the molecule is CC(NC(=O)NC(=O)c1ccccc1Cl)c1ccccc1. The molecule has 0 saturated heterocycles. The minimum atomic E-state index is -0.559. The Morgan fingerprint density at radius 2 is 1.62 bits per heavy atom. The molecule has 4 nitrogen and oxygen atoms in total. The number of hydrogen-bond donors (Lipinski definition) is 2. The highest BCUT2D eigenvalue weighted by Gasteiger charge is 2.15. The molecule has 2 aromatic rings. The maximum absolute atomic E-state index is 11.9. The molecule has 2 aromatic carbocycles. The van der Waals surface area contributed by atoms with Crippen LogP contribution < -0.4 is 10.6 Å². The van der Waals surface area contributed by atoms with E-state index in [1.165, 1.54) is 0 Å². The van der Waals surface area contributed by atoms with Crippen LogP contribution >= 0.6 is 11.6 Å². The molecule has 0 bridgehead atoms. The summed E-state index contributed by atoms with van der Waals surface area (Å²) < 4.78 is 0. The Labute approximate surface area is 128 Å². The topological polar surface area (TPSA) is 58.2 Å². The van der Waals surface area contributed by atoms with Crippen LogP contribution in [-0.2, 0) is 0 Å². The number of carbonyl (C=O) groups excluding carboxylic acids is 2. The van der Waals surface area contributed by atoms with Crippen LogP contribution in [0.4, 0.5) is 4.79 Å². The molecular formula is C16H15ClN2O2. The molecule has 2 N–H and O–H groups in total. The summed E-state index contributed by atoms with van der Waals surface area (Å²) in [6.07, 6.45) is 0. The van der Waals surface area contributed by atoms with Crippen LogP contribution in [-0.4, -0.2) is 11.9 Å². The second-order valence-corrected chi connectivity index (χ2v) is 4.95. The summed E-state index contributed by atoms with van der Waals surface area (Å²) in [7, 11) is 0. The minimum Gasteiger partial charge on any atom is -0.331 e. The monoisotopic (exact) mass is 302 g/mol. The number of carbonyl (C=O) groups is 2. The Bertz CT molecular complexity index is 644. The van der Waals surface area contributed by atoms with E-state index in [2.05, 4.69) is 10.6 Å². The summed E-state index contributed by atoms with van der Waals surface area (Å²) in [5.41, 5.74) is 1.22. The first kappa shape index (κ1) is 15.1. The molecule has 0 heterocycles. The van der Waals surface area contributed by atoms with Gasteiger partial charge in [0, 0.05) is 0 Å². The van der Waals surface area contributed by atoms with Gasteiger partial charge < -0.3 is 5.32 Å². The normalized spacial score (nSPS) is 11.5. The Morgan fingerprint density at radius 3 is 2.29 bits per heavy atom. The molecule has 0 aromatic heterocycles. The van der Waals surface area contributed by atoms with Crippen LogP contribution in [0.2, 0.25) is 5.02 Å². The van der Waals surface area contributed by atoms with Crippen molar-refractivity contribution in [3.8, 4) is 0 Å². The molecule has 2 rings (SSSR count). The third kappa shape index (κ3) is 4.07. The van der Waals surface area contributed by atoms with Crippen LogP contribution in [0.15, 0.2) is 54.6 Å². The van der Waals surface area contributed by atoms with E-state index < -0.39 is 11.9 Å². The Kier molecular flexibility index (Phi) is 4.95. The van der Waals surface area contributed by atoms with Crippen molar-refractivity contribution in [3.05, 3.63) is 70.7 Å². The molecule has 0 aliphatic rings. The molecule has 5 heteroatoms. The van der Waals surface area contributed by atoms with Crippen LogP contribution in [0.1, 0.15) is 28.9 Å². The van der Waals surface area contributed by atoms with E-state index in [9.17, 15) is 9.59 Å². The molecule has 3 amide bonds. The number of amides is 3. The zero-order valence-corrected chi connectivity index (χ0v) is 12.2. The molecule has 0 radical (unpaired) electrons. The maximum Gasteiger partial charge on any atom is 0.322 e. The van der Waals surface area contributed by atoms with Gasteiger partial charge in [-0.1, -0.05) is 54.1 Å². The van der Waals surface area contributed by atoms with Crippen LogP contribution in [0.3, 0.4) is 0 Å². The average Bonchev–Trinajstić information content (AvgIpc) is 2.48. The van der Waals surface area contributed by atoms with Crippen molar-refractivity contribution in [2.75, 3.05) is 0 Å². The van der Waals surface area contributed by atoms with Crippen LogP contribution in [0.5, 0.6) is 0 Å². The van der Waals surface area contributed by atoms with Crippen molar-refractivity contribution in [1.82, 2.24) is 10.6 Å². The van der Waals surface area contributed by atoms with E-state index in [1.807, 2.05) is 37.3 Å². The van der Waals surface area contributed by atoms with Gasteiger partial charge in [-0.05, 0) is 24.6 Å². The van der Waals surface area contributed by atoms with Crippen molar-refractivity contribution in [2.24, 2.45) is 0 Å². The van der Waals surface area contributed by atoms with Crippen molar-refractivity contribution in [3.63, 3.8) is 0 Å². The van der Waals surface area contributed by atoms with Gasteiger partial charge in [0.1, 0.15) is 0 Å². The lowest BCUT2D eigenvalue weighted by atomic mass is 10.1. The quantitative estimate of drug-likeness (QED) is 0.911. The van der Waals surface area contributed by atoms with Crippen molar-refractivity contribution < 1.29 is 9.59 Å². The first-order chi connectivity index (χ1) is 10.1. The summed E-state index contributed by atoms with van der Waals surface area (Å²) in [6, 6.07) is 15.3. The Hall–Kier alpha value is -2.33. The van der Waals surface area contributed by atoms with Gasteiger partial charge in [0.05, 0.1) is 16.6 Å². The predicted octanol–water partition coefficient (Wildman–Crippen LogP) is 3.54. The van der Waals surface area contributed by atoms with Crippen molar-refractivity contribution in [1.29, 1.82) is 0 Å². The average molecular weight is 303 g/mol. The van der Waals surface area contributed by atoms with Gasteiger partial charge >= 0.3 is 6.03 Å². The largest absolute Gasteiger partial charge is 0.331 e. The Morgan fingerprint density at radius 1 is 1.00 bits per heavy atom. The van der Waals surface area contributed by atoms with E-state index in [-0.39, 0.29) is 11.6 Å². The molecular weight excluding hydrogens is 288 g/mol. The first-order valence-corrected chi connectivity index (χ1v) is 6.87. The number of benzene rings is 2. The van der Waals surface area contributed by atoms with E-state index in [0.29, 0.717) is 5.02 Å². The van der Waals surface area contributed by atoms with Crippen molar-refractivity contribution >= 4 is 23.5 Å². The van der Waals surface area contributed by atoms with Gasteiger partial charge in [-0.25, -0.2) is 4.79 Å². The zero-order chi connectivity index (χ0) is 15.2. The molecule has 0 aliphatic carbocycles. The molecule has 21 heavy (non-hydrogen) atoms. The van der Waals surface area contributed by atoms with Gasteiger partial charge in [-0.3, -0.25) is 10.1 Å². The first-order valence-electron chi connectivity index (χ1n) is 6.49. The van der Waals surface area contributed by atoms with Gasteiger partial charge in [-0.15, -0.1) is 0 Å². The van der Waals surface area contributed by atoms with Crippen molar-refractivity contribution in [2.45, 2.75) is 13.0 Å². The molecule has 1 unspecified atom stereocenters. The Balaban J connectivity index is 1.96. The third-order valence-corrected chi connectivity index (χ3v) is 3.32. The number of imide groups is 1. The lowest BCUT2D eigenvalue weighted by Gasteiger charge is -2.14. The summed E-state index contributed by atoms with van der Waals surface area (Å²) >= 11 is 5.91. The number of urea groups is 1. The number of hydrogen-bond acceptors (Lipinski definition) is 2. The van der Waals surface area contributed by atoms with E-state index in [4.69, 9.17) is 11.6 Å². The summed E-state index contributed by atoms with van der Waals surface area (Å²) in [4.78, 5) is 23.8. The lowest BCUT2D eigenvalue weighted by Crippen LogP contribution is -2.40. The molecule has 0 spiro atoms. The maximum atomic E-state index is 11.9. The van der Waals surface area contributed by atoms with Crippen LogP contribution in [0, 0.1) is 0 Å². The molecule has 1 atom stereocenters. The fraction of sp³-hybridized carbons (Fsp3) is 0.125. The second-order valence-electron chi connectivity index (χ2n) is 4.54. The third-order valence-electron chi connectivity index (χ3n) is 2.99. The second kappa shape index (κ2) is 6.90. The minimum absolute atomic E-state index is 0.203. The van der Waals surface area contributed by atoms with E-state index in [1.54, 1.807) is 24.3 Å². The zero-order valence-electron chi connectivity index (χ0n) is 11.5. The predicted molar refractivity (Wildman–Crippen MR) is 82.3 cm³/mol. The van der Waals surface area contributed by atoms with Gasteiger partial charge in [0.15, 0.2) is 0 Å². The number of nitrogens with one attached hydrogen (secondary N) is 2. The summed E-state index contributed by atoms with van der Waals surface area (Å²) in [5.74, 6) is -0.529. The fourth-order valence-corrected chi connectivity index (χ4v) is 2.10. The van der Waals surface area contributed by atoms with E-state index >= 15 is 0 Å². The summed E-state index contributed by atoms with van der Waals surface area (Å²) in [5, 5.41) is 5.27. The summed E-state index contributed by atoms with van der Waals surface area (Å²) in [6.45, 7) is 1.84.